The molecule has 2 heterocycles. The smallest absolute Gasteiger partial charge is 0.0678 e. The molecule has 5 nitrogen and oxygen atoms in total. The molecule has 1 saturated heterocycles. The van der Waals surface area contributed by atoms with Crippen LogP contribution in [0, 0.1) is 0 Å². The summed E-state index contributed by atoms with van der Waals surface area (Å²) >= 11 is 0. The van der Waals surface area contributed by atoms with Crippen molar-refractivity contribution in [3.63, 3.8) is 0 Å². The summed E-state index contributed by atoms with van der Waals surface area (Å²) < 4.78 is 0. The molecule has 1 aliphatic heterocycles. The molecule has 0 amide bonds. The highest BCUT2D eigenvalue weighted by molar-refractivity contribution is 5.16. The first-order valence-corrected chi connectivity index (χ1v) is 8.11. The standard InChI is InChI=1S/C16H30N4O/c1-16(2,3)15-10-13(18-19-15)11-17-7-9-20-8-5-4-6-14(20)12-21/h10,14,17,21H,4-9,11-12H2,1-3H3,(H,18,19). The number of rotatable bonds is 6. The van der Waals surface area contributed by atoms with Crippen LogP contribution in [-0.2, 0) is 12.0 Å². The van der Waals surface area contributed by atoms with Gasteiger partial charge in [0.25, 0.3) is 0 Å². The minimum atomic E-state index is 0.0941. The normalized spacial score (nSPS) is 20.9. The number of hydrogen-bond acceptors (Lipinski definition) is 4. The van der Waals surface area contributed by atoms with Crippen LogP contribution in [0.15, 0.2) is 6.07 Å². The Morgan fingerprint density at radius 3 is 2.90 bits per heavy atom. The number of piperidine rings is 1. The van der Waals surface area contributed by atoms with E-state index in [0.29, 0.717) is 6.04 Å². The lowest BCUT2D eigenvalue weighted by Gasteiger charge is -2.34. The van der Waals surface area contributed by atoms with Crippen molar-refractivity contribution < 1.29 is 5.11 Å². The van der Waals surface area contributed by atoms with E-state index in [1.165, 1.54) is 12.8 Å². The van der Waals surface area contributed by atoms with E-state index in [1.54, 1.807) is 0 Å². The SMILES string of the molecule is CC(C)(C)c1cc(CNCCN2CCCCC2CO)[nH]n1. The third kappa shape index (κ3) is 4.80. The highest BCUT2D eigenvalue weighted by Crippen LogP contribution is 2.20. The molecule has 0 aliphatic carbocycles. The maximum Gasteiger partial charge on any atom is 0.0678 e. The lowest BCUT2D eigenvalue weighted by atomic mass is 9.92. The van der Waals surface area contributed by atoms with Crippen molar-refractivity contribution in [1.82, 2.24) is 20.4 Å². The Balaban J connectivity index is 1.71. The Morgan fingerprint density at radius 1 is 1.43 bits per heavy atom. The van der Waals surface area contributed by atoms with Gasteiger partial charge in [0.15, 0.2) is 0 Å². The Labute approximate surface area is 128 Å². The molecule has 2 rings (SSSR count). The van der Waals surface area contributed by atoms with Crippen LogP contribution >= 0.6 is 0 Å². The van der Waals surface area contributed by atoms with Crippen molar-refractivity contribution in [1.29, 1.82) is 0 Å². The highest BCUT2D eigenvalue weighted by Gasteiger charge is 2.21. The summed E-state index contributed by atoms with van der Waals surface area (Å²) in [6.45, 7) is 10.7. The number of nitrogens with one attached hydrogen (secondary N) is 2. The van der Waals surface area contributed by atoms with Gasteiger partial charge in [-0.3, -0.25) is 10.00 Å². The van der Waals surface area contributed by atoms with Crippen LogP contribution in [0.4, 0.5) is 0 Å². The maximum absolute atomic E-state index is 9.40. The van der Waals surface area contributed by atoms with Gasteiger partial charge in [-0.15, -0.1) is 0 Å². The minimum Gasteiger partial charge on any atom is -0.395 e. The van der Waals surface area contributed by atoms with Gasteiger partial charge < -0.3 is 10.4 Å². The zero-order valence-electron chi connectivity index (χ0n) is 13.7. The van der Waals surface area contributed by atoms with Gasteiger partial charge in [0.05, 0.1) is 12.3 Å². The average molecular weight is 294 g/mol. The molecular weight excluding hydrogens is 264 g/mol. The molecule has 1 aromatic rings. The second kappa shape index (κ2) is 7.38. The van der Waals surface area contributed by atoms with E-state index >= 15 is 0 Å². The number of nitrogens with zero attached hydrogens (tertiary/aromatic N) is 2. The summed E-state index contributed by atoms with van der Waals surface area (Å²) in [6, 6.07) is 2.50. The van der Waals surface area contributed by atoms with Crippen LogP contribution in [0.25, 0.3) is 0 Å². The molecule has 5 heteroatoms. The molecule has 21 heavy (non-hydrogen) atoms. The molecule has 1 atom stereocenters. The number of hydrogen-bond donors (Lipinski definition) is 3. The van der Waals surface area contributed by atoms with Crippen molar-refractivity contribution in [2.24, 2.45) is 0 Å². The zero-order chi connectivity index (χ0) is 15.3. The molecule has 0 aromatic carbocycles. The number of aliphatic hydroxyl groups is 1. The second-order valence-corrected chi connectivity index (χ2v) is 7.07. The number of H-pyrrole nitrogens is 1. The second-order valence-electron chi connectivity index (χ2n) is 7.07. The van der Waals surface area contributed by atoms with E-state index in [-0.39, 0.29) is 12.0 Å². The molecule has 1 fully saturated rings. The van der Waals surface area contributed by atoms with E-state index in [9.17, 15) is 5.11 Å². The van der Waals surface area contributed by atoms with E-state index in [1.807, 2.05) is 0 Å². The molecule has 120 valence electrons. The first-order valence-electron chi connectivity index (χ1n) is 8.11. The summed E-state index contributed by atoms with van der Waals surface area (Å²) in [5, 5.41) is 20.3. The van der Waals surface area contributed by atoms with Gasteiger partial charge in [0, 0.05) is 36.8 Å². The van der Waals surface area contributed by atoms with Crippen molar-refractivity contribution in [3.05, 3.63) is 17.5 Å². The summed E-state index contributed by atoms with van der Waals surface area (Å²) in [5.74, 6) is 0. The lowest BCUT2D eigenvalue weighted by molar-refractivity contribution is 0.0910. The molecule has 0 spiro atoms. The first kappa shape index (κ1) is 16.5. The van der Waals surface area contributed by atoms with Gasteiger partial charge in [-0.1, -0.05) is 27.2 Å². The number of aromatic amines is 1. The Kier molecular flexibility index (Phi) is 5.79. The fourth-order valence-electron chi connectivity index (χ4n) is 2.84. The van der Waals surface area contributed by atoms with Gasteiger partial charge in [-0.25, -0.2) is 0 Å². The van der Waals surface area contributed by atoms with Gasteiger partial charge in [0.2, 0.25) is 0 Å². The summed E-state index contributed by atoms with van der Waals surface area (Å²) in [5.41, 5.74) is 2.34. The van der Waals surface area contributed by atoms with Crippen molar-refractivity contribution in [2.75, 3.05) is 26.2 Å². The predicted octanol–water partition coefficient (Wildman–Crippen LogP) is 1.64. The van der Waals surface area contributed by atoms with E-state index in [4.69, 9.17) is 0 Å². The minimum absolute atomic E-state index is 0.0941. The zero-order valence-corrected chi connectivity index (χ0v) is 13.7. The predicted molar refractivity (Wildman–Crippen MR) is 85.3 cm³/mol. The molecule has 3 N–H and O–H groups in total. The fourth-order valence-corrected chi connectivity index (χ4v) is 2.84. The van der Waals surface area contributed by atoms with Crippen molar-refractivity contribution >= 4 is 0 Å². The highest BCUT2D eigenvalue weighted by atomic mass is 16.3. The van der Waals surface area contributed by atoms with Crippen LogP contribution in [0.2, 0.25) is 0 Å². The topological polar surface area (TPSA) is 64.2 Å². The van der Waals surface area contributed by atoms with E-state index < -0.39 is 0 Å². The largest absolute Gasteiger partial charge is 0.395 e. The van der Waals surface area contributed by atoms with Gasteiger partial charge in [-0.2, -0.15) is 5.10 Å². The summed E-state index contributed by atoms with van der Waals surface area (Å²) in [7, 11) is 0. The molecule has 0 radical (unpaired) electrons. The van der Waals surface area contributed by atoms with Crippen LogP contribution in [0.3, 0.4) is 0 Å². The lowest BCUT2D eigenvalue weighted by Crippen LogP contribution is -2.44. The fraction of sp³-hybridized carbons (Fsp3) is 0.812. The molecular formula is C16H30N4O. The average Bonchev–Trinajstić information content (AvgIpc) is 2.93. The Hall–Kier alpha value is -0.910. The number of likely N-dealkylation sites (tertiary alicyclic amines) is 1. The third-order valence-electron chi connectivity index (χ3n) is 4.25. The number of aliphatic hydroxyl groups excluding tert-OH is 1. The van der Waals surface area contributed by atoms with Crippen LogP contribution in [0.1, 0.15) is 51.4 Å². The molecule has 1 aromatic heterocycles. The molecule has 0 bridgehead atoms. The quantitative estimate of drug-likeness (QED) is 0.698. The first-order chi connectivity index (χ1) is 10.0. The van der Waals surface area contributed by atoms with E-state index in [0.717, 1.165) is 44.0 Å². The van der Waals surface area contributed by atoms with Crippen LogP contribution < -0.4 is 5.32 Å². The third-order valence-corrected chi connectivity index (χ3v) is 4.25. The van der Waals surface area contributed by atoms with E-state index in [2.05, 4.69) is 47.3 Å². The van der Waals surface area contributed by atoms with Crippen molar-refractivity contribution in [3.8, 4) is 0 Å². The Morgan fingerprint density at radius 2 is 2.24 bits per heavy atom. The van der Waals surface area contributed by atoms with Crippen molar-refractivity contribution in [2.45, 2.75) is 58.0 Å². The number of aromatic nitrogens is 2. The monoisotopic (exact) mass is 294 g/mol. The summed E-state index contributed by atoms with van der Waals surface area (Å²) in [4.78, 5) is 2.41. The van der Waals surface area contributed by atoms with Gasteiger partial charge in [-0.05, 0) is 25.5 Å². The summed E-state index contributed by atoms with van der Waals surface area (Å²) in [6.07, 6.45) is 3.64. The maximum atomic E-state index is 9.40. The van der Waals surface area contributed by atoms with Crippen LogP contribution in [0.5, 0.6) is 0 Å². The molecule has 1 unspecified atom stereocenters. The molecule has 0 saturated carbocycles. The van der Waals surface area contributed by atoms with Crippen LogP contribution in [-0.4, -0.2) is 52.5 Å². The Bertz CT molecular complexity index is 424. The molecule has 1 aliphatic rings. The van der Waals surface area contributed by atoms with Gasteiger partial charge in [0.1, 0.15) is 0 Å². The van der Waals surface area contributed by atoms with Gasteiger partial charge >= 0.3 is 0 Å².